The zero-order valence-corrected chi connectivity index (χ0v) is 18.0. The van der Waals surface area contributed by atoms with Gasteiger partial charge in [0.15, 0.2) is 6.10 Å². The van der Waals surface area contributed by atoms with Crippen molar-refractivity contribution in [1.29, 1.82) is 0 Å². The van der Waals surface area contributed by atoms with Gasteiger partial charge in [0.1, 0.15) is 5.75 Å². The number of hydrogen-bond acceptors (Lipinski definition) is 4. The van der Waals surface area contributed by atoms with E-state index in [2.05, 4.69) is 10.0 Å². The largest absolute Gasteiger partial charge is 0.481 e. The van der Waals surface area contributed by atoms with Crippen molar-refractivity contribution in [2.24, 2.45) is 0 Å². The van der Waals surface area contributed by atoms with Crippen LogP contribution in [0.4, 0.5) is 11.4 Å². The molecule has 1 unspecified atom stereocenters. The molecule has 0 heterocycles. The molecule has 1 atom stereocenters. The van der Waals surface area contributed by atoms with E-state index in [-0.39, 0.29) is 15.6 Å². The molecule has 0 fully saturated rings. The van der Waals surface area contributed by atoms with Gasteiger partial charge < -0.3 is 10.1 Å². The minimum Gasteiger partial charge on any atom is -0.481 e. The van der Waals surface area contributed by atoms with Crippen LogP contribution in [0.3, 0.4) is 0 Å². The van der Waals surface area contributed by atoms with Crippen LogP contribution in [-0.4, -0.2) is 20.4 Å². The predicted octanol–water partition coefficient (Wildman–Crippen LogP) is 4.86. The van der Waals surface area contributed by atoms with Gasteiger partial charge in [-0.2, -0.15) is 0 Å². The summed E-state index contributed by atoms with van der Waals surface area (Å²) in [5, 5.41) is 2.97. The van der Waals surface area contributed by atoms with Crippen molar-refractivity contribution in [3.63, 3.8) is 0 Å². The molecule has 6 nitrogen and oxygen atoms in total. The lowest BCUT2D eigenvalue weighted by atomic mass is 10.2. The average molecular weight is 445 g/mol. The molecule has 8 heteroatoms. The molecule has 0 radical (unpaired) electrons. The Morgan fingerprint density at radius 1 is 1.00 bits per heavy atom. The molecular formula is C22H21ClN2O4S. The summed E-state index contributed by atoms with van der Waals surface area (Å²) in [6.07, 6.45) is -0.770. The Hall–Kier alpha value is -3.03. The summed E-state index contributed by atoms with van der Waals surface area (Å²) in [6, 6.07) is 19.9. The van der Waals surface area contributed by atoms with Crippen LogP contribution in [0.2, 0.25) is 5.02 Å². The molecule has 0 aliphatic heterocycles. The van der Waals surface area contributed by atoms with Gasteiger partial charge in [0.05, 0.1) is 15.6 Å². The van der Waals surface area contributed by atoms with E-state index in [0.717, 1.165) is 5.56 Å². The highest BCUT2D eigenvalue weighted by atomic mass is 35.5. The van der Waals surface area contributed by atoms with Gasteiger partial charge in [0, 0.05) is 5.69 Å². The fraction of sp³-hybridized carbons (Fsp3) is 0.136. The Labute approximate surface area is 180 Å². The van der Waals surface area contributed by atoms with E-state index >= 15 is 0 Å². The highest BCUT2D eigenvalue weighted by molar-refractivity contribution is 7.92. The Morgan fingerprint density at radius 3 is 2.47 bits per heavy atom. The van der Waals surface area contributed by atoms with Crippen LogP contribution in [0, 0.1) is 6.92 Å². The van der Waals surface area contributed by atoms with Gasteiger partial charge in [-0.15, -0.1) is 0 Å². The number of hydrogen-bond donors (Lipinski definition) is 2. The van der Waals surface area contributed by atoms with Gasteiger partial charge in [0.25, 0.3) is 15.9 Å². The number of amides is 1. The van der Waals surface area contributed by atoms with Crippen LogP contribution >= 0.6 is 11.6 Å². The minimum absolute atomic E-state index is 0.00697. The number of anilines is 2. The summed E-state index contributed by atoms with van der Waals surface area (Å²) in [7, 11) is -3.88. The van der Waals surface area contributed by atoms with Gasteiger partial charge in [-0.1, -0.05) is 41.9 Å². The van der Waals surface area contributed by atoms with Crippen LogP contribution < -0.4 is 14.8 Å². The Bertz CT molecular complexity index is 1170. The van der Waals surface area contributed by atoms with Crippen molar-refractivity contribution >= 4 is 38.9 Å². The van der Waals surface area contributed by atoms with Crippen molar-refractivity contribution in [2.75, 3.05) is 10.0 Å². The van der Waals surface area contributed by atoms with Crippen LogP contribution in [0.15, 0.2) is 77.7 Å². The molecule has 2 N–H and O–H groups in total. The second-order valence-corrected chi connectivity index (χ2v) is 8.77. The van der Waals surface area contributed by atoms with Gasteiger partial charge >= 0.3 is 0 Å². The van der Waals surface area contributed by atoms with Crippen molar-refractivity contribution in [3.8, 4) is 5.75 Å². The third-order valence-corrected chi connectivity index (χ3v) is 5.89. The summed E-state index contributed by atoms with van der Waals surface area (Å²) < 4.78 is 33.5. The fourth-order valence-corrected chi connectivity index (χ4v) is 4.04. The number of ether oxygens (including phenoxy) is 1. The normalized spacial score (nSPS) is 12.1. The Balaban J connectivity index is 1.71. The Morgan fingerprint density at radius 2 is 1.73 bits per heavy atom. The Kier molecular flexibility index (Phi) is 6.64. The average Bonchev–Trinajstić information content (AvgIpc) is 2.70. The van der Waals surface area contributed by atoms with Crippen molar-refractivity contribution in [3.05, 3.63) is 83.4 Å². The molecule has 1 amide bonds. The van der Waals surface area contributed by atoms with Gasteiger partial charge in [-0.25, -0.2) is 8.42 Å². The molecule has 0 spiro atoms. The quantitative estimate of drug-likeness (QED) is 0.545. The van der Waals surface area contributed by atoms with Gasteiger partial charge in [-0.3, -0.25) is 9.52 Å². The number of nitrogens with one attached hydrogen (secondary N) is 2. The van der Waals surface area contributed by atoms with Crippen molar-refractivity contribution in [2.45, 2.75) is 24.8 Å². The van der Waals surface area contributed by atoms with Crippen LogP contribution in [0.1, 0.15) is 12.5 Å². The number of rotatable bonds is 7. The van der Waals surface area contributed by atoms with E-state index in [4.69, 9.17) is 16.3 Å². The first kappa shape index (κ1) is 21.7. The fourth-order valence-electron chi connectivity index (χ4n) is 2.68. The topological polar surface area (TPSA) is 84.5 Å². The SMILES string of the molecule is Cc1cccc(OC(C)C(=O)Nc2cccc(S(=O)(=O)Nc3ccccc3Cl)c2)c1. The second-order valence-electron chi connectivity index (χ2n) is 6.68. The molecule has 0 aliphatic rings. The van der Waals surface area contributed by atoms with Gasteiger partial charge in [-0.05, 0) is 61.9 Å². The van der Waals surface area contributed by atoms with Crippen molar-refractivity contribution in [1.82, 2.24) is 0 Å². The number of halogens is 1. The monoisotopic (exact) mass is 444 g/mol. The molecule has 0 aliphatic carbocycles. The number of para-hydroxylation sites is 1. The zero-order valence-electron chi connectivity index (χ0n) is 16.4. The molecule has 0 saturated heterocycles. The first-order valence-electron chi connectivity index (χ1n) is 9.16. The molecule has 156 valence electrons. The summed E-state index contributed by atoms with van der Waals surface area (Å²) >= 11 is 6.03. The van der Waals surface area contributed by atoms with Crippen LogP contribution in [-0.2, 0) is 14.8 Å². The highest BCUT2D eigenvalue weighted by Gasteiger charge is 2.18. The first-order chi connectivity index (χ1) is 14.2. The first-order valence-corrected chi connectivity index (χ1v) is 11.0. The van der Waals surface area contributed by atoms with E-state index < -0.39 is 22.0 Å². The molecule has 3 rings (SSSR count). The molecule has 30 heavy (non-hydrogen) atoms. The lowest BCUT2D eigenvalue weighted by molar-refractivity contribution is -0.122. The lowest BCUT2D eigenvalue weighted by Gasteiger charge is -2.16. The molecule has 0 aromatic heterocycles. The van der Waals surface area contributed by atoms with Crippen LogP contribution in [0.25, 0.3) is 0 Å². The number of sulfonamides is 1. The summed E-state index contributed by atoms with van der Waals surface area (Å²) in [5.41, 5.74) is 1.62. The molecule has 0 saturated carbocycles. The number of benzene rings is 3. The molecular weight excluding hydrogens is 424 g/mol. The number of carbonyl (C=O) groups excluding carboxylic acids is 1. The van der Waals surface area contributed by atoms with Crippen molar-refractivity contribution < 1.29 is 17.9 Å². The summed E-state index contributed by atoms with van der Waals surface area (Å²) in [5.74, 6) is 0.183. The number of carbonyl (C=O) groups is 1. The second kappa shape index (κ2) is 9.19. The standard InChI is InChI=1S/C22H21ClN2O4S/c1-15-7-5-9-18(13-15)29-16(2)22(26)24-17-8-6-10-19(14-17)30(27,28)25-21-12-4-3-11-20(21)23/h3-14,16,25H,1-2H3,(H,24,26). The molecule has 0 bridgehead atoms. The highest BCUT2D eigenvalue weighted by Crippen LogP contribution is 2.25. The van der Waals surface area contributed by atoms with E-state index in [1.807, 2.05) is 25.1 Å². The molecule has 3 aromatic rings. The van der Waals surface area contributed by atoms with Gasteiger partial charge in [0.2, 0.25) is 0 Å². The molecule has 3 aromatic carbocycles. The van der Waals surface area contributed by atoms with E-state index in [0.29, 0.717) is 11.4 Å². The summed E-state index contributed by atoms with van der Waals surface area (Å²) in [6.45, 7) is 3.55. The lowest BCUT2D eigenvalue weighted by Crippen LogP contribution is -2.30. The van der Waals surface area contributed by atoms with E-state index in [1.165, 1.54) is 12.1 Å². The predicted molar refractivity (Wildman–Crippen MR) is 119 cm³/mol. The third-order valence-electron chi connectivity index (χ3n) is 4.20. The maximum absolute atomic E-state index is 12.7. The zero-order chi connectivity index (χ0) is 21.7. The van der Waals surface area contributed by atoms with E-state index in [1.54, 1.807) is 49.4 Å². The number of aryl methyl sites for hydroxylation is 1. The van der Waals surface area contributed by atoms with Crippen LogP contribution in [0.5, 0.6) is 5.75 Å². The van der Waals surface area contributed by atoms with E-state index in [9.17, 15) is 13.2 Å². The maximum Gasteiger partial charge on any atom is 0.265 e. The summed E-state index contributed by atoms with van der Waals surface area (Å²) in [4.78, 5) is 12.5. The maximum atomic E-state index is 12.7. The third kappa shape index (κ3) is 5.52. The minimum atomic E-state index is -3.88. The smallest absolute Gasteiger partial charge is 0.265 e.